The van der Waals surface area contributed by atoms with Crippen LogP contribution < -0.4 is 10.6 Å². The molecular weight excluding hydrogens is 569 g/mol. The Morgan fingerprint density at radius 2 is 1.02 bits per heavy atom. The van der Waals surface area contributed by atoms with Crippen molar-refractivity contribution in [2.45, 2.75) is 50.6 Å². The van der Waals surface area contributed by atoms with Gasteiger partial charge in [0.15, 0.2) is 0 Å². The van der Waals surface area contributed by atoms with E-state index >= 15 is 0 Å². The molecule has 0 radical (unpaired) electrons. The highest BCUT2D eigenvalue weighted by atomic mass is 32.1. The molecule has 2 aromatic carbocycles. The number of carbonyl (C=O) groups excluding carboxylic acids is 2. The van der Waals surface area contributed by atoms with Gasteiger partial charge < -0.3 is 0 Å². The van der Waals surface area contributed by atoms with E-state index in [1.807, 2.05) is 98.7 Å². The minimum atomic E-state index is -0.307. The molecule has 0 aliphatic carbocycles. The van der Waals surface area contributed by atoms with Crippen molar-refractivity contribution >= 4 is 44.8 Å². The topological polar surface area (TPSA) is 116 Å². The number of likely N-dealkylation sites (N-methyl/N-ethyl adjacent to an activating group) is 2. The molecule has 10 nitrogen and oxygen atoms in total. The summed E-state index contributed by atoms with van der Waals surface area (Å²) in [6.45, 7) is 0. The fourth-order valence-corrected chi connectivity index (χ4v) is 6.00. The molecule has 2 aromatic heterocycles. The minimum absolute atomic E-state index is 0.0947. The molecule has 0 fully saturated rings. The van der Waals surface area contributed by atoms with Crippen LogP contribution in [0.1, 0.15) is 34.0 Å². The van der Waals surface area contributed by atoms with E-state index in [0.717, 1.165) is 46.8 Å². The van der Waals surface area contributed by atoms with Crippen LogP contribution in [0.25, 0.3) is 0 Å². The molecule has 0 saturated heterocycles. The molecule has 0 saturated carbocycles. The molecule has 0 aliphatic heterocycles. The van der Waals surface area contributed by atoms with Crippen LogP contribution in [0.15, 0.2) is 60.7 Å². The molecule has 0 spiro atoms. The van der Waals surface area contributed by atoms with Crippen LogP contribution in [0, 0.1) is 0 Å². The zero-order chi connectivity index (χ0) is 29.9. The van der Waals surface area contributed by atoms with Gasteiger partial charge in [0.05, 0.1) is 12.1 Å². The van der Waals surface area contributed by atoms with Crippen LogP contribution >= 0.6 is 22.7 Å². The molecule has 2 heterocycles. The Morgan fingerprint density at radius 1 is 0.643 bits per heavy atom. The third-order valence-corrected chi connectivity index (χ3v) is 8.62. The quantitative estimate of drug-likeness (QED) is 0.194. The highest BCUT2D eigenvalue weighted by Crippen LogP contribution is 2.21. The predicted octanol–water partition coefficient (Wildman–Crippen LogP) is 4.18. The molecule has 222 valence electrons. The van der Waals surface area contributed by atoms with Crippen molar-refractivity contribution in [2.75, 3.05) is 38.8 Å². The highest BCUT2D eigenvalue weighted by Gasteiger charge is 2.24. The van der Waals surface area contributed by atoms with Gasteiger partial charge in [-0.25, -0.2) is 0 Å². The lowest BCUT2D eigenvalue weighted by molar-refractivity contribution is -0.121. The van der Waals surface area contributed by atoms with Crippen LogP contribution in [0.2, 0.25) is 0 Å². The van der Waals surface area contributed by atoms with Gasteiger partial charge in [-0.15, -0.1) is 20.4 Å². The van der Waals surface area contributed by atoms with E-state index in [-0.39, 0.29) is 23.9 Å². The van der Waals surface area contributed by atoms with E-state index in [1.165, 1.54) is 22.7 Å². The summed E-state index contributed by atoms with van der Waals surface area (Å²) in [6.07, 6.45) is 4.57. The van der Waals surface area contributed by atoms with Gasteiger partial charge in [-0.3, -0.25) is 30.0 Å². The molecular formula is C30H38N8O2S2. The number of nitrogens with one attached hydrogen (secondary N) is 2. The third kappa shape index (κ3) is 9.48. The molecule has 2 N–H and O–H groups in total. The Kier molecular flexibility index (Phi) is 11.6. The number of amides is 2. The van der Waals surface area contributed by atoms with Crippen molar-refractivity contribution in [2.24, 2.45) is 0 Å². The van der Waals surface area contributed by atoms with E-state index in [9.17, 15) is 9.59 Å². The Hall–Kier alpha value is -3.58. The molecule has 4 aromatic rings. The molecule has 0 aliphatic rings. The first-order valence-corrected chi connectivity index (χ1v) is 15.6. The van der Waals surface area contributed by atoms with E-state index in [2.05, 4.69) is 31.0 Å². The maximum Gasteiger partial charge on any atom is 0.243 e. The Labute approximate surface area is 255 Å². The maximum absolute atomic E-state index is 13.0. The molecule has 0 unspecified atom stereocenters. The zero-order valence-electron chi connectivity index (χ0n) is 24.5. The predicted molar refractivity (Wildman–Crippen MR) is 169 cm³/mol. The lowest BCUT2D eigenvalue weighted by Gasteiger charge is -2.22. The average Bonchev–Trinajstić information content (AvgIpc) is 3.62. The molecule has 12 heteroatoms. The first-order valence-electron chi connectivity index (χ1n) is 14.0. The van der Waals surface area contributed by atoms with Gasteiger partial charge in [-0.05, 0) is 65.0 Å². The molecule has 2 atom stereocenters. The number of benzene rings is 2. The average molecular weight is 607 g/mol. The number of anilines is 2. The monoisotopic (exact) mass is 606 g/mol. The van der Waals surface area contributed by atoms with Gasteiger partial charge in [0.25, 0.3) is 0 Å². The standard InChI is InChI=1S/C30H38N8O2S2/c1-37(2)23(19-21-13-7-5-8-14-21)27(39)31-29-35-33-25(41-29)17-11-12-18-26-34-36-30(42-26)32-28(40)24(38(3)4)20-22-15-9-6-10-16-22/h5-10,13-16,23-24H,11-12,17-20H2,1-4H3,(H,31,35,39)(H,32,36,40)/t23-,24-/m0/s1. The number of nitrogens with zero attached hydrogens (tertiary/aromatic N) is 6. The lowest BCUT2D eigenvalue weighted by atomic mass is 10.0. The first-order chi connectivity index (χ1) is 20.3. The fourth-order valence-electron chi connectivity index (χ4n) is 4.43. The van der Waals surface area contributed by atoms with Crippen LogP contribution in [-0.2, 0) is 35.3 Å². The summed E-state index contributed by atoms with van der Waals surface area (Å²) in [4.78, 5) is 29.7. The van der Waals surface area contributed by atoms with Gasteiger partial charge in [-0.2, -0.15) is 0 Å². The van der Waals surface area contributed by atoms with Gasteiger partial charge in [0.2, 0.25) is 22.1 Å². The summed E-state index contributed by atoms with van der Waals surface area (Å²) in [5.74, 6) is -0.189. The summed E-state index contributed by atoms with van der Waals surface area (Å²) in [6, 6.07) is 19.4. The SMILES string of the molecule is CN(C)[C@@H](Cc1ccccc1)C(=O)Nc1nnc(CCCCc2nnc(NC(=O)[C@H](Cc3ccccc3)N(C)C)s2)s1. The van der Waals surface area contributed by atoms with Crippen molar-refractivity contribution in [3.8, 4) is 0 Å². The van der Waals surface area contributed by atoms with Crippen LogP contribution in [0.3, 0.4) is 0 Å². The molecule has 0 bridgehead atoms. The normalized spacial score (nSPS) is 12.8. The van der Waals surface area contributed by atoms with Gasteiger partial charge in [0, 0.05) is 12.8 Å². The van der Waals surface area contributed by atoms with E-state index in [4.69, 9.17) is 0 Å². The summed E-state index contributed by atoms with van der Waals surface area (Å²) in [5, 5.41) is 25.6. The van der Waals surface area contributed by atoms with E-state index in [1.54, 1.807) is 0 Å². The summed E-state index contributed by atoms with van der Waals surface area (Å²) < 4.78 is 0. The third-order valence-electron chi connectivity index (χ3n) is 6.82. The Morgan fingerprint density at radius 3 is 1.38 bits per heavy atom. The number of hydrogen-bond acceptors (Lipinski definition) is 10. The smallest absolute Gasteiger partial charge is 0.243 e. The van der Waals surface area contributed by atoms with Crippen LogP contribution in [0.4, 0.5) is 10.3 Å². The summed E-state index contributed by atoms with van der Waals surface area (Å²) in [5.41, 5.74) is 2.21. The number of unbranched alkanes of at least 4 members (excludes halogenated alkanes) is 1. The largest absolute Gasteiger partial charge is 0.299 e. The molecule has 42 heavy (non-hydrogen) atoms. The van der Waals surface area contributed by atoms with Gasteiger partial charge in [-0.1, -0.05) is 83.3 Å². The Balaban J connectivity index is 1.20. The van der Waals surface area contributed by atoms with Crippen molar-refractivity contribution < 1.29 is 9.59 Å². The maximum atomic E-state index is 13.0. The second kappa shape index (κ2) is 15.6. The molecule has 4 rings (SSSR count). The fraction of sp³-hybridized carbons (Fsp3) is 0.400. The summed E-state index contributed by atoms with van der Waals surface area (Å²) >= 11 is 2.82. The number of aromatic nitrogens is 4. The second-order valence-corrected chi connectivity index (χ2v) is 12.6. The Bertz CT molecular complexity index is 1300. The molecule has 2 amide bonds. The minimum Gasteiger partial charge on any atom is -0.299 e. The van der Waals surface area contributed by atoms with Crippen molar-refractivity contribution in [1.29, 1.82) is 0 Å². The highest BCUT2D eigenvalue weighted by molar-refractivity contribution is 7.15. The van der Waals surface area contributed by atoms with Crippen molar-refractivity contribution in [1.82, 2.24) is 30.2 Å². The van der Waals surface area contributed by atoms with Crippen molar-refractivity contribution in [3.63, 3.8) is 0 Å². The number of hydrogen-bond donors (Lipinski definition) is 2. The zero-order valence-corrected chi connectivity index (χ0v) is 26.1. The van der Waals surface area contributed by atoms with E-state index < -0.39 is 0 Å². The van der Waals surface area contributed by atoms with Gasteiger partial charge >= 0.3 is 0 Å². The number of carbonyl (C=O) groups is 2. The van der Waals surface area contributed by atoms with Gasteiger partial charge in [0.1, 0.15) is 10.0 Å². The van der Waals surface area contributed by atoms with Crippen LogP contribution in [0.5, 0.6) is 0 Å². The van der Waals surface area contributed by atoms with E-state index in [0.29, 0.717) is 23.1 Å². The van der Waals surface area contributed by atoms with Crippen LogP contribution in [-0.4, -0.2) is 82.3 Å². The summed E-state index contributed by atoms with van der Waals surface area (Å²) in [7, 11) is 7.61. The lowest BCUT2D eigenvalue weighted by Crippen LogP contribution is -2.41. The second-order valence-electron chi connectivity index (χ2n) is 10.5. The number of aryl methyl sites for hydroxylation is 2. The number of rotatable bonds is 15. The first kappa shape index (κ1) is 31.4. The van der Waals surface area contributed by atoms with Crippen molar-refractivity contribution in [3.05, 3.63) is 81.8 Å².